The summed E-state index contributed by atoms with van der Waals surface area (Å²) in [5, 5.41) is 3.64. The monoisotopic (exact) mass is 294 g/mol. The summed E-state index contributed by atoms with van der Waals surface area (Å²) in [4.78, 5) is 15.0. The van der Waals surface area contributed by atoms with E-state index in [-0.39, 0.29) is 0 Å². The molecule has 122 valence electrons. The van der Waals surface area contributed by atoms with E-state index in [0.717, 1.165) is 38.9 Å². The van der Waals surface area contributed by atoms with Crippen LogP contribution in [0.2, 0.25) is 0 Å². The fourth-order valence-electron chi connectivity index (χ4n) is 3.94. The summed E-state index contributed by atoms with van der Waals surface area (Å²) in [5.74, 6) is 1.36. The normalized spacial score (nSPS) is 29.0. The Bertz CT molecular complexity index is 310. The van der Waals surface area contributed by atoms with E-state index in [9.17, 15) is 4.79 Å². The van der Waals surface area contributed by atoms with Crippen molar-refractivity contribution in [2.75, 3.05) is 19.6 Å². The quantitative estimate of drug-likeness (QED) is 0.859. The number of carbonyl (C=O) groups excluding carboxylic acids is 1. The number of likely N-dealkylation sites (tertiary alicyclic amines) is 1. The Balaban J connectivity index is 1.82. The maximum Gasteiger partial charge on any atom is 0.225 e. The second-order valence-corrected chi connectivity index (χ2v) is 7.15. The Labute approximate surface area is 130 Å². The van der Waals surface area contributed by atoms with Crippen molar-refractivity contribution in [3.05, 3.63) is 0 Å². The van der Waals surface area contributed by atoms with Gasteiger partial charge in [-0.05, 0) is 38.1 Å². The molecular formula is C18H34N2O. The van der Waals surface area contributed by atoms with Crippen LogP contribution >= 0.6 is 0 Å². The summed E-state index contributed by atoms with van der Waals surface area (Å²) in [5.41, 5.74) is 0. The molecule has 1 N–H and O–H groups in total. The van der Waals surface area contributed by atoms with E-state index < -0.39 is 0 Å². The van der Waals surface area contributed by atoms with E-state index in [1.165, 1.54) is 38.5 Å². The van der Waals surface area contributed by atoms with Gasteiger partial charge in [0.15, 0.2) is 0 Å². The van der Waals surface area contributed by atoms with Crippen molar-refractivity contribution in [1.29, 1.82) is 0 Å². The molecule has 0 aromatic carbocycles. The molecule has 0 aromatic heterocycles. The first kappa shape index (κ1) is 16.8. The summed E-state index contributed by atoms with van der Waals surface area (Å²) >= 11 is 0. The van der Waals surface area contributed by atoms with Gasteiger partial charge in [-0.3, -0.25) is 4.79 Å². The van der Waals surface area contributed by atoms with Crippen LogP contribution in [0.5, 0.6) is 0 Å². The molecule has 2 atom stereocenters. The third-order valence-corrected chi connectivity index (χ3v) is 5.33. The number of amides is 1. The highest BCUT2D eigenvalue weighted by molar-refractivity contribution is 5.79. The zero-order valence-corrected chi connectivity index (χ0v) is 14.1. The minimum atomic E-state index is 0.317. The highest BCUT2D eigenvalue weighted by atomic mass is 16.2. The van der Waals surface area contributed by atoms with Crippen LogP contribution in [-0.4, -0.2) is 36.5 Å². The van der Waals surface area contributed by atoms with Gasteiger partial charge in [-0.2, -0.15) is 0 Å². The van der Waals surface area contributed by atoms with Gasteiger partial charge in [-0.1, -0.05) is 46.0 Å². The van der Waals surface area contributed by atoms with Gasteiger partial charge in [-0.25, -0.2) is 0 Å². The zero-order valence-electron chi connectivity index (χ0n) is 14.1. The zero-order chi connectivity index (χ0) is 15.1. The van der Waals surface area contributed by atoms with Crippen LogP contribution in [0, 0.1) is 11.8 Å². The third kappa shape index (κ3) is 4.98. The summed E-state index contributed by atoms with van der Waals surface area (Å²) in [7, 11) is 0. The average molecular weight is 294 g/mol. The molecule has 2 aliphatic rings. The van der Waals surface area contributed by atoms with Gasteiger partial charge in [0.25, 0.3) is 0 Å². The highest BCUT2D eigenvalue weighted by Gasteiger charge is 2.31. The predicted molar refractivity (Wildman–Crippen MR) is 88.3 cm³/mol. The van der Waals surface area contributed by atoms with Crippen molar-refractivity contribution in [3.8, 4) is 0 Å². The van der Waals surface area contributed by atoms with Crippen molar-refractivity contribution >= 4 is 5.91 Å². The van der Waals surface area contributed by atoms with Crippen LogP contribution in [0.15, 0.2) is 0 Å². The Morgan fingerprint density at radius 1 is 1.10 bits per heavy atom. The van der Waals surface area contributed by atoms with Crippen LogP contribution in [0.4, 0.5) is 0 Å². The standard InChI is InChI=1S/C18H34N2O/c1-3-12-19-17-11-13-20(14-15(17)2)18(21)16-9-7-5-4-6-8-10-16/h15-17,19H,3-14H2,1-2H3. The molecule has 1 aliphatic heterocycles. The second-order valence-electron chi connectivity index (χ2n) is 7.15. The molecular weight excluding hydrogens is 260 g/mol. The van der Waals surface area contributed by atoms with Crippen molar-refractivity contribution in [2.24, 2.45) is 11.8 Å². The Kier molecular flexibility index (Phi) is 7.01. The number of hydrogen-bond donors (Lipinski definition) is 1. The van der Waals surface area contributed by atoms with Crippen LogP contribution in [-0.2, 0) is 4.79 Å². The van der Waals surface area contributed by atoms with E-state index in [0.29, 0.717) is 23.8 Å². The molecule has 3 nitrogen and oxygen atoms in total. The summed E-state index contributed by atoms with van der Waals surface area (Å²) in [6, 6.07) is 0.603. The van der Waals surface area contributed by atoms with Gasteiger partial charge >= 0.3 is 0 Å². The highest BCUT2D eigenvalue weighted by Crippen LogP contribution is 2.26. The summed E-state index contributed by atoms with van der Waals surface area (Å²) in [6.45, 7) is 7.53. The van der Waals surface area contributed by atoms with Crippen LogP contribution < -0.4 is 5.32 Å². The predicted octanol–water partition coefficient (Wildman–Crippen LogP) is 3.58. The number of carbonyl (C=O) groups is 1. The van der Waals surface area contributed by atoms with Gasteiger partial charge in [0, 0.05) is 25.0 Å². The van der Waals surface area contributed by atoms with E-state index in [4.69, 9.17) is 0 Å². The molecule has 3 heteroatoms. The number of rotatable bonds is 4. The molecule has 1 aliphatic carbocycles. The van der Waals surface area contributed by atoms with Gasteiger partial charge in [0.05, 0.1) is 0 Å². The fraction of sp³-hybridized carbons (Fsp3) is 0.944. The average Bonchev–Trinajstić information content (AvgIpc) is 2.45. The van der Waals surface area contributed by atoms with E-state index in [1.54, 1.807) is 0 Å². The fourth-order valence-corrected chi connectivity index (χ4v) is 3.94. The molecule has 0 bridgehead atoms. The molecule has 1 saturated carbocycles. The minimum Gasteiger partial charge on any atom is -0.342 e. The van der Waals surface area contributed by atoms with Crippen molar-refractivity contribution in [1.82, 2.24) is 10.2 Å². The van der Waals surface area contributed by atoms with Crippen LogP contribution in [0.25, 0.3) is 0 Å². The lowest BCUT2D eigenvalue weighted by atomic mass is 9.88. The Morgan fingerprint density at radius 2 is 1.76 bits per heavy atom. The number of hydrogen-bond acceptors (Lipinski definition) is 2. The van der Waals surface area contributed by atoms with Gasteiger partial charge in [0.1, 0.15) is 0 Å². The number of piperidine rings is 1. The van der Waals surface area contributed by atoms with Crippen LogP contribution in [0.1, 0.15) is 71.6 Å². The molecule has 1 heterocycles. The van der Waals surface area contributed by atoms with Crippen molar-refractivity contribution in [3.63, 3.8) is 0 Å². The summed E-state index contributed by atoms with van der Waals surface area (Å²) in [6.07, 6.45) is 11.1. The lowest BCUT2D eigenvalue weighted by Crippen LogP contribution is -2.51. The molecule has 2 rings (SSSR count). The first-order valence-corrected chi connectivity index (χ1v) is 9.24. The van der Waals surface area contributed by atoms with Gasteiger partial charge < -0.3 is 10.2 Å². The number of nitrogens with one attached hydrogen (secondary N) is 1. The smallest absolute Gasteiger partial charge is 0.225 e. The molecule has 2 fully saturated rings. The molecule has 0 radical (unpaired) electrons. The Hall–Kier alpha value is -0.570. The third-order valence-electron chi connectivity index (χ3n) is 5.33. The molecule has 0 aromatic rings. The lowest BCUT2D eigenvalue weighted by molar-refractivity contribution is -0.138. The minimum absolute atomic E-state index is 0.317. The molecule has 21 heavy (non-hydrogen) atoms. The van der Waals surface area contributed by atoms with E-state index >= 15 is 0 Å². The largest absolute Gasteiger partial charge is 0.342 e. The van der Waals surface area contributed by atoms with E-state index in [2.05, 4.69) is 24.1 Å². The SMILES string of the molecule is CCCNC1CCN(C(=O)C2CCCCCCC2)CC1C. The van der Waals surface area contributed by atoms with Crippen molar-refractivity contribution < 1.29 is 4.79 Å². The summed E-state index contributed by atoms with van der Waals surface area (Å²) < 4.78 is 0. The first-order valence-electron chi connectivity index (χ1n) is 9.24. The Morgan fingerprint density at radius 3 is 2.38 bits per heavy atom. The topological polar surface area (TPSA) is 32.3 Å². The molecule has 1 saturated heterocycles. The lowest BCUT2D eigenvalue weighted by Gasteiger charge is -2.39. The maximum atomic E-state index is 12.8. The number of nitrogens with zero attached hydrogens (tertiary/aromatic N) is 1. The molecule has 0 spiro atoms. The molecule has 1 amide bonds. The maximum absolute atomic E-state index is 12.8. The first-order chi connectivity index (χ1) is 10.2. The van der Waals surface area contributed by atoms with Crippen LogP contribution in [0.3, 0.4) is 0 Å². The van der Waals surface area contributed by atoms with Crippen molar-refractivity contribution in [2.45, 2.75) is 77.7 Å². The van der Waals surface area contributed by atoms with E-state index in [1.807, 2.05) is 0 Å². The molecule has 2 unspecified atom stereocenters. The second kappa shape index (κ2) is 8.77. The van der Waals surface area contributed by atoms with Gasteiger partial charge in [0.2, 0.25) is 5.91 Å². The van der Waals surface area contributed by atoms with Gasteiger partial charge in [-0.15, -0.1) is 0 Å².